The molecule has 2 heteroatoms. The smallest absolute Gasteiger partial charge is 1.00 e. The van der Waals surface area contributed by atoms with Gasteiger partial charge in [0.15, 0.2) is 0 Å². The van der Waals surface area contributed by atoms with E-state index in [1.165, 1.54) is 12.8 Å². The summed E-state index contributed by atoms with van der Waals surface area (Å²) < 4.78 is 0. The Kier molecular flexibility index (Phi) is 21.1. The van der Waals surface area contributed by atoms with Crippen molar-refractivity contribution < 1.29 is 12.4 Å². The second-order valence-corrected chi connectivity index (χ2v) is 1.95. The van der Waals surface area contributed by atoms with Crippen LogP contribution >= 0.6 is 0 Å². The Bertz CT molecular complexity index is 61.9. The molecular formula is C7H13ClMg. The zero-order valence-electron chi connectivity index (χ0n) is 6.28. The minimum Gasteiger partial charge on any atom is -1.00 e. The average Bonchev–Trinajstić information content (AvgIpc) is 1.61. The molecular weight excluding hydrogens is 144 g/mol. The Hall–Kier alpha value is 0.796. The van der Waals surface area contributed by atoms with Gasteiger partial charge in [-0.05, 0) is 0 Å². The molecule has 0 bridgehead atoms. The van der Waals surface area contributed by atoms with Crippen molar-refractivity contribution in [2.24, 2.45) is 0 Å². The van der Waals surface area contributed by atoms with Crippen LogP contribution in [0.4, 0.5) is 0 Å². The molecule has 0 aromatic heterocycles. The maximum absolute atomic E-state index is 5.40. The number of halogens is 1. The molecule has 0 unspecified atom stereocenters. The molecule has 9 heavy (non-hydrogen) atoms. The summed E-state index contributed by atoms with van der Waals surface area (Å²) in [6.45, 7) is 9.53. The van der Waals surface area contributed by atoms with Crippen LogP contribution in [0, 0.1) is 6.58 Å². The fourth-order valence-electron chi connectivity index (χ4n) is 0.456. The van der Waals surface area contributed by atoms with E-state index in [0.717, 1.165) is 12.0 Å². The van der Waals surface area contributed by atoms with Crippen molar-refractivity contribution >= 4 is 23.1 Å². The van der Waals surface area contributed by atoms with Gasteiger partial charge in [-0.15, -0.1) is 0 Å². The number of hydrogen-bond acceptors (Lipinski definition) is 0. The Morgan fingerprint density at radius 1 is 1.44 bits per heavy atom. The van der Waals surface area contributed by atoms with Gasteiger partial charge in [0.05, 0.1) is 0 Å². The van der Waals surface area contributed by atoms with E-state index in [0.29, 0.717) is 0 Å². The standard InChI is InChI=1S/C7H13.ClH.Mg/c1-4-5-6-7(2)3;;/h2H,4-6H2,1,3H3;1H;/q-1;;+2/p-1. The van der Waals surface area contributed by atoms with E-state index in [1.807, 2.05) is 6.92 Å². The van der Waals surface area contributed by atoms with Gasteiger partial charge in [0.2, 0.25) is 0 Å². The molecule has 0 aliphatic rings. The van der Waals surface area contributed by atoms with Crippen LogP contribution in [0.5, 0.6) is 0 Å². The molecule has 0 fully saturated rings. The summed E-state index contributed by atoms with van der Waals surface area (Å²) in [5.41, 5.74) is 1.06. The van der Waals surface area contributed by atoms with E-state index in [2.05, 4.69) is 6.92 Å². The van der Waals surface area contributed by atoms with E-state index in [9.17, 15) is 0 Å². The largest absolute Gasteiger partial charge is 2.00 e. The zero-order chi connectivity index (χ0) is 5.70. The fraction of sp³-hybridized carbons (Fsp3) is 0.714. The molecule has 0 aliphatic carbocycles. The van der Waals surface area contributed by atoms with Gasteiger partial charge >= 0.3 is 23.1 Å². The van der Waals surface area contributed by atoms with Crippen LogP contribution in [-0.2, 0) is 0 Å². The number of allylic oxidation sites excluding steroid dienone is 1. The van der Waals surface area contributed by atoms with E-state index < -0.39 is 0 Å². The number of hydrogen-bond donors (Lipinski definition) is 0. The molecule has 0 amide bonds. The monoisotopic (exact) mass is 156 g/mol. The first kappa shape index (κ1) is 16.4. The maximum atomic E-state index is 5.40. The second kappa shape index (κ2) is 11.6. The SMILES string of the molecule is [CH-]=C(C)CCCC.[Cl-].[Mg+2]. The fourth-order valence-corrected chi connectivity index (χ4v) is 0.456. The molecule has 0 rings (SSSR count). The topological polar surface area (TPSA) is 0 Å². The molecule has 50 valence electrons. The summed E-state index contributed by atoms with van der Waals surface area (Å²) in [5, 5.41) is 0. The first-order valence-electron chi connectivity index (χ1n) is 2.85. The maximum Gasteiger partial charge on any atom is 2.00 e. The van der Waals surface area contributed by atoms with E-state index in [4.69, 9.17) is 6.58 Å². The van der Waals surface area contributed by atoms with Crippen LogP contribution in [-0.4, -0.2) is 23.1 Å². The van der Waals surface area contributed by atoms with Crippen LogP contribution in [0.2, 0.25) is 0 Å². The van der Waals surface area contributed by atoms with Gasteiger partial charge in [0.1, 0.15) is 0 Å². The molecule has 0 heterocycles. The molecule has 0 N–H and O–H groups in total. The minimum atomic E-state index is 0. The summed E-state index contributed by atoms with van der Waals surface area (Å²) in [6, 6.07) is 0. The first-order chi connectivity index (χ1) is 3.27. The Balaban J connectivity index is -0.000000180. The van der Waals surface area contributed by atoms with Crippen LogP contribution in [0.1, 0.15) is 33.1 Å². The third kappa shape index (κ3) is 17.7. The van der Waals surface area contributed by atoms with Crippen molar-refractivity contribution in [2.45, 2.75) is 33.1 Å². The summed E-state index contributed by atoms with van der Waals surface area (Å²) in [6.07, 6.45) is 3.58. The molecule has 0 aromatic carbocycles. The Labute approximate surface area is 80.7 Å². The molecule has 0 nitrogen and oxygen atoms in total. The van der Waals surface area contributed by atoms with Gasteiger partial charge in [-0.1, -0.05) is 33.1 Å². The van der Waals surface area contributed by atoms with Gasteiger partial charge in [-0.25, -0.2) is 0 Å². The van der Waals surface area contributed by atoms with Crippen LogP contribution in [0.3, 0.4) is 0 Å². The van der Waals surface area contributed by atoms with Crippen LogP contribution in [0.25, 0.3) is 0 Å². The van der Waals surface area contributed by atoms with Crippen molar-refractivity contribution in [2.75, 3.05) is 0 Å². The Morgan fingerprint density at radius 2 is 1.89 bits per heavy atom. The Morgan fingerprint density at radius 3 is 2.00 bits per heavy atom. The number of rotatable bonds is 3. The van der Waals surface area contributed by atoms with Gasteiger partial charge in [-0.2, -0.15) is 0 Å². The van der Waals surface area contributed by atoms with Crippen molar-refractivity contribution in [1.29, 1.82) is 0 Å². The molecule has 0 aromatic rings. The third-order valence-electron chi connectivity index (χ3n) is 0.925. The first-order valence-corrected chi connectivity index (χ1v) is 2.85. The average molecular weight is 157 g/mol. The van der Waals surface area contributed by atoms with Gasteiger partial charge < -0.3 is 19.0 Å². The number of unbranched alkanes of at least 4 members (excludes halogenated alkanes) is 1. The van der Waals surface area contributed by atoms with Crippen molar-refractivity contribution in [3.8, 4) is 0 Å². The van der Waals surface area contributed by atoms with Crippen molar-refractivity contribution in [3.63, 3.8) is 0 Å². The summed E-state index contributed by atoms with van der Waals surface area (Å²) >= 11 is 0. The van der Waals surface area contributed by atoms with E-state index in [-0.39, 0.29) is 35.5 Å². The van der Waals surface area contributed by atoms with Gasteiger partial charge in [0.25, 0.3) is 0 Å². The van der Waals surface area contributed by atoms with Crippen LogP contribution < -0.4 is 12.4 Å². The molecule has 0 spiro atoms. The normalized spacial score (nSPS) is 6.89. The van der Waals surface area contributed by atoms with Crippen molar-refractivity contribution in [1.82, 2.24) is 0 Å². The molecule has 0 atom stereocenters. The molecule has 0 radical (unpaired) electrons. The van der Waals surface area contributed by atoms with E-state index >= 15 is 0 Å². The molecule has 0 aliphatic heterocycles. The summed E-state index contributed by atoms with van der Waals surface area (Å²) in [7, 11) is 0. The van der Waals surface area contributed by atoms with E-state index in [1.54, 1.807) is 0 Å². The van der Waals surface area contributed by atoms with Crippen LogP contribution in [0.15, 0.2) is 5.57 Å². The predicted molar refractivity (Wildman–Crippen MR) is 38.8 cm³/mol. The second-order valence-electron chi connectivity index (χ2n) is 1.95. The molecule has 0 saturated heterocycles. The minimum absolute atomic E-state index is 0. The van der Waals surface area contributed by atoms with Gasteiger partial charge in [0, 0.05) is 0 Å². The van der Waals surface area contributed by atoms with Gasteiger partial charge in [-0.3, -0.25) is 5.57 Å². The predicted octanol–water partition coefficient (Wildman–Crippen LogP) is -0.821. The third-order valence-corrected chi connectivity index (χ3v) is 0.925. The summed E-state index contributed by atoms with van der Waals surface area (Å²) in [4.78, 5) is 0. The zero-order valence-corrected chi connectivity index (χ0v) is 8.45. The molecule has 0 saturated carbocycles. The van der Waals surface area contributed by atoms with Crippen molar-refractivity contribution in [3.05, 3.63) is 12.2 Å². The summed E-state index contributed by atoms with van der Waals surface area (Å²) in [5.74, 6) is 0. The quantitative estimate of drug-likeness (QED) is 0.370.